The maximum absolute atomic E-state index is 6.09. The zero-order valence-corrected chi connectivity index (χ0v) is 11.4. The summed E-state index contributed by atoms with van der Waals surface area (Å²) in [5.41, 5.74) is 6.09. The lowest BCUT2D eigenvalue weighted by atomic mass is 10.1. The highest BCUT2D eigenvalue weighted by Crippen LogP contribution is 2.26. The summed E-state index contributed by atoms with van der Waals surface area (Å²) in [5, 5.41) is 2.14. The molecule has 1 heterocycles. The van der Waals surface area contributed by atoms with Gasteiger partial charge in [-0.3, -0.25) is 4.90 Å². The number of halogens is 1. The van der Waals surface area contributed by atoms with Gasteiger partial charge < -0.3 is 5.73 Å². The van der Waals surface area contributed by atoms with Crippen molar-refractivity contribution >= 4 is 27.3 Å². The van der Waals surface area contributed by atoms with Crippen molar-refractivity contribution in [3.05, 3.63) is 20.8 Å². The minimum absolute atomic E-state index is 0.374. The first-order chi connectivity index (χ1) is 7.16. The molecule has 0 radical (unpaired) electrons. The van der Waals surface area contributed by atoms with E-state index in [0.29, 0.717) is 12.1 Å². The van der Waals surface area contributed by atoms with E-state index in [1.165, 1.54) is 28.6 Å². The van der Waals surface area contributed by atoms with Crippen LogP contribution in [0.1, 0.15) is 24.1 Å². The zero-order valence-electron chi connectivity index (χ0n) is 8.95. The first-order valence-corrected chi connectivity index (χ1v) is 7.03. The summed E-state index contributed by atoms with van der Waals surface area (Å²) in [6.45, 7) is 1.02. The molecule has 2 unspecified atom stereocenters. The van der Waals surface area contributed by atoms with Gasteiger partial charge in [-0.1, -0.05) is 6.42 Å². The molecule has 0 amide bonds. The molecule has 1 fully saturated rings. The van der Waals surface area contributed by atoms with E-state index in [1.54, 1.807) is 0 Å². The predicted octanol–water partition coefficient (Wildman–Crippen LogP) is 2.82. The Hall–Kier alpha value is 0.1000. The molecule has 0 saturated heterocycles. The quantitative estimate of drug-likeness (QED) is 0.927. The van der Waals surface area contributed by atoms with Crippen LogP contribution >= 0.6 is 27.3 Å². The first-order valence-electron chi connectivity index (χ1n) is 5.35. The normalized spacial score (nSPS) is 26.4. The lowest BCUT2D eigenvalue weighted by molar-refractivity contribution is 0.222. The second-order valence-corrected chi connectivity index (χ2v) is 6.22. The van der Waals surface area contributed by atoms with Crippen LogP contribution in [0.15, 0.2) is 15.9 Å². The minimum atomic E-state index is 0.374. The Bertz CT molecular complexity index is 326. The van der Waals surface area contributed by atoms with Crippen LogP contribution < -0.4 is 5.73 Å². The number of nitrogens with two attached hydrogens (primary N) is 1. The van der Waals surface area contributed by atoms with Crippen LogP contribution in [0.3, 0.4) is 0 Å². The lowest BCUT2D eigenvalue weighted by Crippen LogP contribution is -2.41. The molecule has 2 nitrogen and oxygen atoms in total. The van der Waals surface area contributed by atoms with E-state index < -0.39 is 0 Å². The number of thiophene rings is 1. The molecule has 84 valence electrons. The Balaban J connectivity index is 1.94. The monoisotopic (exact) mass is 288 g/mol. The zero-order chi connectivity index (χ0) is 10.8. The van der Waals surface area contributed by atoms with Crippen LogP contribution in [-0.2, 0) is 6.54 Å². The summed E-state index contributed by atoms with van der Waals surface area (Å²) in [5.74, 6) is 0. The van der Waals surface area contributed by atoms with Crippen molar-refractivity contribution in [1.29, 1.82) is 0 Å². The largest absolute Gasteiger partial charge is 0.326 e. The van der Waals surface area contributed by atoms with Gasteiger partial charge in [0.15, 0.2) is 0 Å². The highest BCUT2D eigenvalue weighted by molar-refractivity contribution is 9.10. The first kappa shape index (κ1) is 11.6. The van der Waals surface area contributed by atoms with Gasteiger partial charge in [-0.2, -0.15) is 0 Å². The second kappa shape index (κ2) is 4.95. The highest BCUT2D eigenvalue weighted by atomic mass is 79.9. The molecule has 2 atom stereocenters. The van der Waals surface area contributed by atoms with Crippen LogP contribution in [0.4, 0.5) is 0 Å². The van der Waals surface area contributed by atoms with Crippen LogP contribution in [0.25, 0.3) is 0 Å². The molecule has 1 aliphatic rings. The van der Waals surface area contributed by atoms with Gasteiger partial charge >= 0.3 is 0 Å². The van der Waals surface area contributed by atoms with Crippen molar-refractivity contribution in [2.24, 2.45) is 5.73 Å². The number of nitrogens with zero attached hydrogens (tertiary/aromatic N) is 1. The molecular formula is C11H17BrN2S. The van der Waals surface area contributed by atoms with Crippen LogP contribution in [0.5, 0.6) is 0 Å². The van der Waals surface area contributed by atoms with Crippen molar-refractivity contribution in [3.8, 4) is 0 Å². The number of hydrogen-bond acceptors (Lipinski definition) is 3. The molecule has 1 saturated carbocycles. The molecule has 0 spiro atoms. The Morgan fingerprint density at radius 2 is 2.40 bits per heavy atom. The van der Waals surface area contributed by atoms with E-state index in [2.05, 4.69) is 39.3 Å². The average Bonchev–Trinajstić information content (AvgIpc) is 2.75. The molecule has 4 heteroatoms. The summed E-state index contributed by atoms with van der Waals surface area (Å²) in [7, 11) is 2.18. The minimum Gasteiger partial charge on any atom is -0.326 e. The molecule has 0 bridgehead atoms. The van der Waals surface area contributed by atoms with E-state index in [0.717, 1.165) is 6.54 Å². The van der Waals surface area contributed by atoms with E-state index in [1.807, 2.05) is 11.3 Å². The lowest BCUT2D eigenvalue weighted by Gasteiger charge is -2.27. The Kier molecular flexibility index (Phi) is 3.83. The van der Waals surface area contributed by atoms with E-state index in [-0.39, 0.29) is 0 Å². The maximum Gasteiger partial charge on any atom is 0.0328 e. The summed E-state index contributed by atoms with van der Waals surface area (Å²) in [6, 6.07) is 3.14. The maximum atomic E-state index is 6.09. The third kappa shape index (κ3) is 2.81. The standard InChI is InChI=1S/C11H17BrN2S/c1-14(11-4-2-3-10(11)13)6-9-5-8(12)7-15-9/h5,7,10-11H,2-4,6,13H2,1H3. The number of rotatable bonds is 3. The van der Waals surface area contributed by atoms with Crippen LogP contribution in [0, 0.1) is 0 Å². The Morgan fingerprint density at radius 3 is 2.93 bits per heavy atom. The van der Waals surface area contributed by atoms with Crippen molar-refractivity contribution < 1.29 is 0 Å². The summed E-state index contributed by atoms with van der Waals surface area (Å²) >= 11 is 5.29. The summed E-state index contributed by atoms with van der Waals surface area (Å²) in [4.78, 5) is 3.80. The fourth-order valence-corrected chi connectivity index (χ4v) is 3.83. The van der Waals surface area contributed by atoms with Gasteiger partial charge in [-0.25, -0.2) is 0 Å². The number of likely N-dealkylation sites (N-methyl/N-ethyl adjacent to an activating group) is 1. The number of hydrogen-bond donors (Lipinski definition) is 1. The van der Waals surface area contributed by atoms with Crippen molar-refractivity contribution in [2.45, 2.75) is 37.9 Å². The topological polar surface area (TPSA) is 29.3 Å². The third-order valence-corrected chi connectivity index (χ3v) is 4.81. The molecular weight excluding hydrogens is 272 g/mol. The molecule has 1 aliphatic carbocycles. The van der Waals surface area contributed by atoms with Gasteiger partial charge in [-0.05, 0) is 41.9 Å². The van der Waals surface area contributed by atoms with Gasteiger partial charge in [0.05, 0.1) is 0 Å². The fraction of sp³-hybridized carbons (Fsp3) is 0.636. The molecule has 2 rings (SSSR count). The second-order valence-electron chi connectivity index (χ2n) is 4.31. The van der Waals surface area contributed by atoms with Crippen LogP contribution in [0.2, 0.25) is 0 Å². The molecule has 2 N–H and O–H groups in total. The molecule has 1 aromatic rings. The molecule has 0 aromatic carbocycles. The van der Waals surface area contributed by atoms with Gasteiger partial charge in [0.25, 0.3) is 0 Å². The molecule has 0 aliphatic heterocycles. The Labute approximate surface area is 104 Å². The van der Waals surface area contributed by atoms with E-state index >= 15 is 0 Å². The highest BCUT2D eigenvalue weighted by Gasteiger charge is 2.27. The van der Waals surface area contributed by atoms with Crippen molar-refractivity contribution in [2.75, 3.05) is 7.05 Å². The van der Waals surface area contributed by atoms with E-state index in [4.69, 9.17) is 5.73 Å². The molecule has 1 aromatic heterocycles. The SMILES string of the molecule is CN(Cc1cc(Br)cs1)C1CCCC1N. The van der Waals surface area contributed by atoms with Gasteiger partial charge in [0, 0.05) is 33.4 Å². The third-order valence-electron chi connectivity index (χ3n) is 3.12. The van der Waals surface area contributed by atoms with Gasteiger partial charge in [-0.15, -0.1) is 11.3 Å². The van der Waals surface area contributed by atoms with Crippen molar-refractivity contribution in [1.82, 2.24) is 4.90 Å². The molecule has 15 heavy (non-hydrogen) atoms. The van der Waals surface area contributed by atoms with Crippen LogP contribution in [-0.4, -0.2) is 24.0 Å². The van der Waals surface area contributed by atoms with Crippen molar-refractivity contribution in [3.63, 3.8) is 0 Å². The average molecular weight is 289 g/mol. The van der Waals surface area contributed by atoms with Gasteiger partial charge in [0.1, 0.15) is 0 Å². The smallest absolute Gasteiger partial charge is 0.0328 e. The fourth-order valence-electron chi connectivity index (χ4n) is 2.32. The summed E-state index contributed by atoms with van der Waals surface area (Å²) < 4.78 is 1.19. The predicted molar refractivity (Wildman–Crippen MR) is 69.1 cm³/mol. The van der Waals surface area contributed by atoms with Gasteiger partial charge in [0.2, 0.25) is 0 Å². The van der Waals surface area contributed by atoms with E-state index in [9.17, 15) is 0 Å². The Morgan fingerprint density at radius 1 is 1.60 bits per heavy atom. The summed E-state index contributed by atoms with van der Waals surface area (Å²) in [6.07, 6.45) is 3.72.